The summed E-state index contributed by atoms with van der Waals surface area (Å²) in [5.41, 5.74) is 2.58. The molecule has 0 saturated heterocycles. The lowest BCUT2D eigenvalue weighted by atomic mass is 10.0. The first-order valence-corrected chi connectivity index (χ1v) is 5.60. The highest BCUT2D eigenvalue weighted by Crippen LogP contribution is 2.17. The number of rotatable bonds is 5. The van der Waals surface area contributed by atoms with E-state index in [9.17, 15) is 0 Å². The van der Waals surface area contributed by atoms with E-state index in [2.05, 4.69) is 39.1 Å². The highest BCUT2D eigenvalue weighted by atomic mass is 16.3. The Balaban J connectivity index is 2.79. The zero-order valence-electron chi connectivity index (χ0n) is 10.1. The summed E-state index contributed by atoms with van der Waals surface area (Å²) in [7, 11) is 0. The van der Waals surface area contributed by atoms with Gasteiger partial charge in [-0.3, -0.25) is 0 Å². The maximum atomic E-state index is 5.42. The molecule has 0 spiro atoms. The molecular formula is C13H21NO. The van der Waals surface area contributed by atoms with Crippen molar-refractivity contribution in [3.8, 4) is 0 Å². The van der Waals surface area contributed by atoms with E-state index >= 15 is 0 Å². The molecule has 0 radical (unpaired) electrons. The summed E-state index contributed by atoms with van der Waals surface area (Å²) in [6, 6.07) is 2.00. The summed E-state index contributed by atoms with van der Waals surface area (Å²) in [6.07, 6.45) is 3.90. The van der Waals surface area contributed by atoms with E-state index in [0.717, 1.165) is 18.8 Å². The van der Waals surface area contributed by atoms with Gasteiger partial charge in [-0.25, -0.2) is 0 Å². The van der Waals surface area contributed by atoms with Crippen LogP contribution in [0.25, 0.3) is 6.08 Å². The summed E-state index contributed by atoms with van der Waals surface area (Å²) in [4.78, 5) is 0. The minimum absolute atomic E-state index is 0.550. The van der Waals surface area contributed by atoms with Gasteiger partial charge in [0.15, 0.2) is 0 Å². The van der Waals surface area contributed by atoms with E-state index in [-0.39, 0.29) is 0 Å². The molecule has 1 aromatic heterocycles. The maximum absolute atomic E-state index is 5.42. The highest BCUT2D eigenvalue weighted by Gasteiger charge is 2.05. The SMILES string of the molecule is CCNC/C(=C/c1occc1C)C(C)C. The maximum Gasteiger partial charge on any atom is 0.129 e. The molecule has 0 fully saturated rings. The van der Waals surface area contributed by atoms with Gasteiger partial charge in [-0.2, -0.15) is 0 Å². The summed E-state index contributed by atoms with van der Waals surface area (Å²) >= 11 is 0. The topological polar surface area (TPSA) is 25.2 Å². The molecular weight excluding hydrogens is 186 g/mol. The first kappa shape index (κ1) is 12.1. The van der Waals surface area contributed by atoms with Crippen LogP contribution in [-0.4, -0.2) is 13.1 Å². The van der Waals surface area contributed by atoms with Crippen LogP contribution in [0.3, 0.4) is 0 Å². The van der Waals surface area contributed by atoms with Crippen molar-refractivity contribution < 1.29 is 4.42 Å². The molecule has 0 amide bonds. The van der Waals surface area contributed by atoms with Crippen molar-refractivity contribution in [3.63, 3.8) is 0 Å². The molecule has 0 aliphatic rings. The van der Waals surface area contributed by atoms with E-state index < -0.39 is 0 Å². The van der Waals surface area contributed by atoms with Crippen molar-refractivity contribution in [3.05, 3.63) is 29.2 Å². The zero-order chi connectivity index (χ0) is 11.3. The van der Waals surface area contributed by atoms with Crippen LogP contribution in [0.1, 0.15) is 32.1 Å². The Hall–Kier alpha value is -1.02. The van der Waals surface area contributed by atoms with Gasteiger partial charge in [0.05, 0.1) is 6.26 Å². The number of hydrogen-bond donors (Lipinski definition) is 1. The van der Waals surface area contributed by atoms with Crippen LogP contribution < -0.4 is 5.32 Å². The van der Waals surface area contributed by atoms with E-state index in [4.69, 9.17) is 4.42 Å². The van der Waals surface area contributed by atoms with Crippen LogP contribution in [-0.2, 0) is 0 Å². The smallest absolute Gasteiger partial charge is 0.129 e. The van der Waals surface area contributed by atoms with E-state index in [1.165, 1.54) is 11.1 Å². The molecule has 0 bridgehead atoms. The van der Waals surface area contributed by atoms with E-state index in [1.54, 1.807) is 6.26 Å². The van der Waals surface area contributed by atoms with Gasteiger partial charge in [0, 0.05) is 6.54 Å². The third-order valence-corrected chi connectivity index (χ3v) is 2.54. The lowest BCUT2D eigenvalue weighted by molar-refractivity contribution is 0.552. The van der Waals surface area contributed by atoms with Gasteiger partial charge in [0.2, 0.25) is 0 Å². The first-order chi connectivity index (χ1) is 7.15. The van der Waals surface area contributed by atoms with Gasteiger partial charge >= 0.3 is 0 Å². The van der Waals surface area contributed by atoms with Crippen molar-refractivity contribution >= 4 is 6.08 Å². The van der Waals surface area contributed by atoms with E-state index in [1.807, 2.05) is 6.07 Å². The van der Waals surface area contributed by atoms with Gasteiger partial charge in [0.25, 0.3) is 0 Å². The molecule has 0 aliphatic carbocycles. The lowest BCUT2D eigenvalue weighted by Crippen LogP contribution is -2.18. The fourth-order valence-corrected chi connectivity index (χ4v) is 1.39. The molecule has 2 heteroatoms. The van der Waals surface area contributed by atoms with Crippen molar-refractivity contribution in [2.75, 3.05) is 13.1 Å². The minimum atomic E-state index is 0.550. The molecule has 1 rings (SSSR count). The van der Waals surface area contributed by atoms with Crippen LogP contribution >= 0.6 is 0 Å². The Morgan fingerprint density at radius 2 is 2.27 bits per heavy atom. The Bertz CT molecular complexity index is 323. The van der Waals surface area contributed by atoms with Gasteiger partial charge in [-0.05, 0) is 37.1 Å². The minimum Gasteiger partial charge on any atom is -0.465 e. The highest BCUT2D eigenvalue weighted by molar-refractivity contribution is 5.51. The van der Waals surface area contributed by atoms with Crippen molar-refractivity contribution in [1.82, 2.24) is 5.32 Å². The van der Waals surface area contributed by atoms with Crippen LogP contribution in [0.5, 0.6) is 0 Å². The number of nitrogens with one attached hydrogen (secondary N) is 1. The second-order valence-corrected chi connectivity index (χ2v) is 4.12. The number of likely N-dealkylation sites (N-methyl/N-ethyl adjacent to an activating group) is 1. The first-order valence-electron chi connectivity index (χ1n) is 5.60. The Morgan fingerprint density at radius 1 is 1.53 bits per heavy atom. The Kier molecular flexibility index (Phi) is 4.63. The molecule has 2 nitrogen and oxygen atoms in total. The van der Waals surface area contributed by atoms with Crippen LogP contribution in [0.2, 0.25) is 0 Å². The van der Waals surface area contributed by atoms with E-state index in [0.29, 0.717) is 5.92 Å². The predicted octanol–water partition coefficient (Wildman–Crippen LogP) is 3.24. The van der Waals surface area contributed by atoms with Crippen molar-refractivity contribution in [2.24, 2.45) is 5.92 Å². The van der Waals surface area contributed by atoms with Crippen molar-refractivity contribution in [2.45, 2.75) is 27.7 Å². The summed E-state index contributed by atoms with van der Waals surface area (Å²) in [6.45, 7) is 10.6. The zero-order valence-corrected chi connectivity index (χ0v) is 10.1. The second kappa shape index (κ2) is 5.76. The second-order valence-electron chi connectivity index (χ2n) is 4.12. The van der Waals surface area contributed by atoms with Gasteiger partial charge in [-0.15, -0.1) is 0 Å². The van der Waals surface area contributed by atoms with Crippen LogP contribution in [0.4, 0.5) is 0 Å². The summed E-state index contributed by atoms with van der Waals surface area (Å²) < 4.78 is 5.42. The largest absolute Gasteiger partial charge is 0.465 e. The lowest BCUT2D eigenvalue weighted by Gasteiger charge is -2.11. The third-order valence-electron chi connectivity index (χ3n) is 2.54. The van der Waals surface area contributed by atoms with Crippen LogP contribution in [0.15, 0.2) is 22.3 Å². The number of aryl methyl sites for hydroxylation is 1. The predicted molar refractivity (Wildman–Crippen MR) is 64.8 cm³/mol. The average Bonchev–Trinajstić information content (AvgIpc) is 2.58. The molecule has 84 valence electrons. The third kappa shape index (κ3) is 3.56. The number of hydrogen-bond acceptors (Lipinski definition) is 2. The molecule has 0 saturated carbocycles. The standard InChI is InChI=1S/C13H21NO/c1-5-14-9-12(10(2)3)8-13-11(4)6-7-15-13/h6-8,10,14H,5,9H2,1-4H3/b12-8-. The fraction of sp³-hybridized carbons (Fsp3) is 0.538. The quantitative estimate of drug-likeness (QED) is 0.802. The van der Waals surface area contributed by atoms with Crippen molar-refractivity contribution in [1.29, 1.82) is 0 Å². The fourth-order valence-electron chi connectivity index (χ4n) is 1.39. The Morgan fingerprint density at radius 3 is 2.73 bits per heavy atom. The molecule has 15 heavy (non-hydrogen) atoms. The Labute approximate surface area is 92.4 Å². The average molecular weight is 207 g/mol. The molecule has 1 heterocycles. The van der Waals surface area contributed by atoms with Crippen LogP contribution in [0, 0.1) is 12.8 Å². The van der Waals surface area contributed by atoms with Gasteiger partial charge < -0.3 is 9.73 Å². The van der Waals surface area contributed by atoms with Gasteiger partial charge in [0.1, 0.15) is 5.76 Å². The molecule has 0 atom stereocenters. The molecule has 0 aliphatic heterocycles. The summed E-state index contributed by atoms with van der Waals surface area (Å²) in [5.74, 6) is 1.53. The monoisotopic (exact) mass is 207 g/mol. The van der Waals surface area contributed by atoms with Gasteiger partial charge in [-0.1, -0.05) is 26.3 Å². The number of furan rings is 1. The molecule has 1 aromatic rings. The normalized spacial score (nSPS) is 12.5. The molecule has 0 aromatic carbocycles. The summed E-state index contributed by atoms with van der Waals surface area (Å²) in [5, 5.41) is 3.35. The molecule has 1 N–H and O–H groups in total. The molecule has 0 unspecified atom stereocenters.